The Morgan fingerprint density at radius 3 is 2.68 bits per heavy atom. The number of aliphatic hydroxyl groups excluding tert-OH is 1. The van der Waals surface area contributed by atoms with Crippen molar-refractivity contribution in [1.29, 1.82) is 0 Å². The van der Waals surface area contributed by atoms with Gasteiger partial charge < -0.3 is 15.2 Å². The van der Waals surface area contributed by atoms with E-state index in [9.17, 15) is 9.90 Å². The van der Waals surface area contributed by atoms with Gasteiger partial charge in [0, 0.05) is 17.2 Å². The zero-order valence-electron chi connectivity index (χ0n) is 14.3. The Bertz CT molecular complexity index is 730. The number of methoxy groups -OCH3 is 1. The number of ether oxygens (including phenoxy) is 1. The van der Waals surface area contributed by atoms with Crippen LogP contribution in [0.25, 0.3) is 0 Å². The minimum absolute atomic E-state index is 0.104. The van der Waals surface area contributed by atoms with Gasteiger partial charge in [0.15, 0.2) is 0 Å². The Hall–Kier alpha value is -2.05. The first-order valence-electron chi connectivity index (χ1n) is 8.24. The Kier molecular flexibility index (Phi) is 5.60. The molecule has 5 nitrogen and oxygen atoms in total. The maximum absolute atomic E-state index is 12.8. The highest BCUT2D eigenvalue weighted by molar-refractivity contribution is 7.98. The second-order valence-corrected chi connectivity index (χ2v) is 7.02. The van der Waals surface area contributed by atoms with Gasteiger partial charge in [-0.15, -0.1) is 11.8 Å². The number of carbonyl (C=O) groups excluding carboxylic acids is 1. The van der Waals surface area contributed by atoms with Gasteiger partial charge in [0.2, 0.25) is 5.88 Å². The maximum Gasteiger partial charge on any atom is 0.252 e. The summed E-state index contributed by atoms with van der Waals surface area (Å²) >= 11 is 1.55. The van der Waals surface area contributed by atoms with E-state index in [1.165, 1.54) is 0 Å². The molecular weight excluding hydrogens is 336 g/mol. The standard InChI is InChI=1S/C19H22N2O3S/c1-24-17-8-7-12(11-20-17)18(13-9-14(22)10-13)21-19(23)15-5-3-4-6-16(15)25-2/h3-8,11,13-14,18,22H,9-10H2,1-2H3,(H,21,23). The van der Waals surface area contributed by atoms with Crippen LogP contribution in [-0.2, 0) is 0 Å². The van der Waals surface area contributed by atoms with Crippen molar-refractivity contribution in [3.05, 3.63) is 53.7 Å². The smallest absolute Gasteiger partial charge is 0.252 e. The summed E-state index contributed by atoms with van der Waals surface area (Å²) in [4.78, 5) is 18.0. The van der Waals surface area contributed by atoms with E-state index < -0.39 is 0 Å². The first-order valence-corrected chi connectivity index (χ1v) is 9.46. The number of nitrogens with zero attached hydrogens (tertiary/aromatic N) is 1. The summed E-state index contributed by atoms with van der Waals surface area (Å²) in [5.74, 6) is 0.637. The van der Waals surface area contributed by atoms with Gasteiger partial charge in [-0.05, 0) is 42.7 Å². The van der Waals surface area contributed by atoms with Crippen molar-refractivity contribution >= 4 is 17.7 Å². The number of hydrogen-bond acceptors (Lipinski definition) is 5. The number of rotatable bonds is 6. The molecule has 1 aromatic heterocycles. The molecule has 2 N–H and O–H groups in total. The van der Waals surface area contributed by atoms with E-state index in [2.05, 4.69) is 10.3 Å². The first kappa shape index (κ1) is 17.8. The normalized spacial score (nSPS) is 20.4. The average molecular weight is 358 g/mol. The van der Waals surface area contributed by atoms with Crippen LogP contribution in [0.5, 0.6) is 5.88 Å². The molecule has 0 bridgehead atoms. The summed E-state index contributed by atoms with van der Waals surface area (Å²) < 4.78 is 5.11. The van der Waals surface area contributed by atoms with Crippen molar-refractivity contribution in [2.45, 2.75) is 29.9 Å². The van der Waals surface area contributed by atoms with Crippen LogP contribution in [0.15, 0.2) is 47.5 Å². The lowest BCUT2D eigenvalue weighted by Gasteiger charge is -2.38. The number of benzene rings is 1. The topological polar surface area (TPSA) is 71.5 Å². The zero-order chi connectivity index (χ0) is 17.8. The first-order chi connectivity index (χ1) is 12.1. The average Bonchev–Trinajstić information content (AvgIpc) is 2.63. The van der Waals surface area contributed by atoms with Gasteiger partial charge in [0.05, 0.1) is 24.8 Å². The van der Waals surface area contributed by atoms with E-state index in [1.807, 2.05) is 36.6 Å². The summed E-state index contributed by atoms with van der Waals surface area (Å²) in [6.45, 7) is 0. The summed E-state index contributed by atoms with van der Waals surface area (Å²) in [6, 6.07) is 11.1. The van der Waals surface area contributed by atoms with Crippen LogP contribution in [0.3, 0.4) is 0 Å². The number of aromatic nitrogens is 1. The maximum atomic E-state index is 12.8. The van der Waals surface area contributed by atoms with Crippen LogP contribution in [0.4, 0.5) is 0 Å². The Morgan fingerprint density at radius 1 is 1.32 bits per heavy atom. The van der Waals surface area contributed by atoms with Gasteiger partial charge in [-0.25, -0.2) is 4.98 Å². The number of hydrogen-bond donors (Lipinski definition) is 2. The highest BCUT2D eigenvalue weighted by Gasteiger charge is 2.36. The second-order valence-electron chi connectivity index (χ2n) is 6.17. The lowest BCUT2D eigenvalue weighted by molar-refractivity contribution is 0.0234. The molecule has 132 valence electrons. The minimum Gasteiger partial charge on any atom is -0.481 e. The monoisotopic (exact) mass is 358 g/mol. The molecule has 1 heterocycles. The van der Waals surface area contributed by atoms with Crippen molar-refractivity contribution in [1.82, 2.24) is 10.3 Å². The van der Waals surface area contributed by atoms with Crippen molar-refractivity contribution in [2.75, 3.05) is 13.4 Å². The third kappa shape index (κ3) is 3.96. The summed E-state index contributed by atoms with van der Waals surface area (Å²) in [6.07, 6.45) is 4.77. The van der Waals surface area contributed by atoms with Crippen molar-refractivity contribution in [2.24, 2.45) is 5.92 Å². The fraction of sp³-hybridized carbons (Fsp3) is 0.368. The van der Waals surface area contributed by atoms with Crippen molar-refractivity contribution < 1.29 is 14.6 Å². The summed E-state index contributed by atoms with van der Waals surface area (Å²) in [5, 5.41) is 12.8. The van der Waals surface area contributed by atoms with Crippen molar-refractivity contribution in [3.63, 3.8) is 0 Å². The second kappa shape index (κ2) is 7.89. The lowest BCUT2D eigenvalue weighted by Crippen LogP contribution is -2.41. The van der Waals surface area contributed by atoms with E-state index >= 15 is 0 Å². The van der Waals surface area contributed by atoms with Gasteiger partial charge >= 0.3 is 0 Å². The largest absolute Gasteiger partial charge is 0.481 e. The highest BCUT2D eigenvalue weighted by atomic mass is 32.2. The lowest BCUT2D eigenvalue weighted by atomic mass is 9.75. The molecule has 0 spiro atoms. The number of nitrogens with one attached hydrogen (secondary N) is 1. The van der Waals surface area contributed by atoms with Gasteiger partial charge in [-0.2, -0.15) is 0 Å². The molecule has 1 saturated carbocycles. The van der Waals surface area contributed by atoms with E-state index in [0.717, 1.165) is 10.5 Å². The quantitative estimate of drug-likeness (QED) is 0.777. The highest BCUT2D eigenvalue weighted by Crippen LogP contribution is 2.38. The summed E-state index contributed by atoms with van der Waals surface area (Å²) in [5.41, 5.74) is 1.59. The molecule has 3 rings (SSSR count). The van der Waals surface area contributed by atoms with Gasteiger partial charge in [0.25, 0.3) is 5.91 Å². The predicted molar refractivity (Wildman–Crippen MR) is 98.0 cm³/mol. The molecule has 0 saturated heterocycles. The fourth-order valence-electron chi connectivity index (χ4n) is 3.12. The molecular formula is C19H22N2O3S. The SMILES string of the molecule is COc1ccc(C(NC(=O)c2ccccc2SC)C2CC(O)C2)cn1. The van der Waals surface area contributed by atoms with Crippen LogP contribution in [0.2, 0.25) is 0 Å². The third-order valence-electron chi connectivity index (χ3n) is 4.59. The Morgan fingerprint density at radius 2 is 2.08 bits per heavy atom. The Balaban J connectivity index is 1.83. The number of carbonyl (C=O) groups is 1. The van der Waals surface area contributed by atoms with Crippen LogP contribution in [-0.4, -0.2) is 35.5 Å². The van der Waals surface area contributed by atoms with E-state index in [-0.39, 0.29) is 24.0 Å². The molecule has 25 heavy (non-hydrogen) atoms. The summed E-state index contributed by atoms with van der Waals surface area (Å²) in [7, 11) is 1.57. The predicted octanol–water partition coefficient (Wildman–Crippen LogP) is 3.05. The van der Waals surface area contributed by atoms with Gasteiger partial charge in [0.1, 0.15) is 0 Å². The molecule has 0 aliphatic heterocycles. The minimum atomic E-state index is -0.283. The molecule has 1 amide bonds. The van der Waals surface area contributed by atoms with Crippen LogP contribution >= 0.6 is 11.8 Å². The number of thioether (sulfide) groups is 1. The van der Waals surface area contributed by atoms with Crippen molar-refractivity contribution in [3.8, 4) is 5.88 Å². The number of aliphatic hydroxyl groups is 1. The van der Waals surface area contributed by atoms with E-state index in [0.29, 0.717) is 24.3 Å². The number of pyridine rings is 1. The fourth-order valence-corrected chi connectivity index (χ4v) is 3.72. The van der Waals surface area contributed by atoms with E-state index in [4.69, 9.17) is 4.74 Å². The molecule has 1 aromatic carbocycles. The molecule has 6 heteroatoms. The van der Waals surface area contributed by atoms with Crippen LogP contribution < -0.4 is 10.1 Å². The van der Waals surface area contributed by atoms with Gasteiger partial charge in [-0.1, -0.05) is 18.2 Å². The third-order valence-corrected chi connectivity index (χ3v) is 5.38. The zero-order valence-corrected chi connectivity index (χ0v) is 15.1. The molecule has 1 unspecified atom stereocenters. The molecule has 1 aliphatic rings. The number of amides is 1. The molecule has 2 aromatic rings. The molecule has 1 aliphatic carbocycles. The molecule has 0 radical (unpaired) electrons. The molecule has 1 fully saturated rings. The molecule has 1 atom stereocenters. The Labute approximate surface area is 151 Å². The van der Waals surface area contributed by atoms with E-state index in [1.54, 1.807) is 31.1 Å². The van der Waals surface area contributed by atoms with Gasteiger partial charge in [-0.3, -0.25) is 4.79 Å². The van der Waals surface area contributed by atoms with Crippen LogP contribution in [0.1, 0.15) is 34.8 Å². The van der Waals surface area contributed by atoms with Crippen LogP contribution in [0, 0.1) is 5.92 Å².